The molecule has 0 spiro atoms. The van der Waals surface area contributed by atoms with Gasteiger partial charge in [0.1, 0.15) is 0 Å². The first-order valence-electron chi connectivity index (χ1n) is 6.92. The summed E-state index contributed by atoms with van der Waals surface area (Å²) in [6, 6.07) is 2.30. The highest BCUT2D eigenvalue weighted by atomic mass is 32.1. The highest BCUT2D eigenvalue weighted by Crippen LogP contribution is 2.40. The first-order chi connectivity index (χ1) is 8.20. The number of thiophene rings is 1. The third kappa shape index (κ3) is 3.82. The van der Waals surface area contributed by atoms with Crippen molar-refractivity contribution in [3.05, 3.63) is 22.4 Å². The minimum Gasteiger partial charge on any atom is -0.316 e. The van der Waals surface area contributed by atoms with Crippen molar-refractivity contribution >= 4 is 11.3 Å². The maximum atomic E-state index is 3.68. The van der Waals surface area contributed by atoms with Crippen molar-refractivity contribution in [2.75, 3.05) is 13.1 Å². The fourth-order valence-electron chi connectivity index (χ4n) is 2.99. The van der Waals surface area contributed by atoms with E-state index in [2.05, 4.69) is 36.0 Å². The van der Waals surface area contributed by atoms with Gasteiger partial charge in [-0.15, -0.1) is 0 Å². The van der Waals surface area contributed by atoms with Crippen molar-refractivity contribution in [1.29, 1.82) is 0 Å². The van der Waals surface area contributed by atoms with Crippen molar-refractivity contribution in [2.45, 2.75) is 46.0 Å². The second-order valence-corrected chi connectivity index (χ2v) is 6.82. The maximum absolute atomic E-state index is 3.68. The molecule has 0 aromatic carbocycles. The molecule has 1 fully saturated rings. The summed E-state index contributed by atoms with van der Waals surface area (Å²) in [5, 5.41) is 8.21. The van der Waals surface area contributed by atoms with Gasteiger partial charge in [0.2, 0.25) is 0 Å². The lowest BCUT2D eigenvalue weighted by atomic mass is 9.80. The Morgan fingerprint density at radius 3 is 2.71 bits per heavy atom. The summed E-state index contributed by atoms with van der Waals surface area (Å²) in [5.74, 6) is 0.759. The van der Waals surface area contributed by atoms with Crippen LogP contribution in [0.25, 0.3) is 0 Å². The molecule has 0 amide bonds. The Hall–Kier alpha value is -0.340. The highest BCUT2D eigenvalue weighted by Gasteiger charge is 2.33. The molecule has 0 radical (unpaired) electrons. The van der Waals surface area contributed by atoms with Crippen molar-refractivity contribution < 1.29 is 0 Å². The second kappa shape index (κ2) is 6.01. The van der Waals surface area contributed by atoms with Crippen molar-refractivity contribution in [2.24, 2.45) is 11.3 Å². The van der Waals surface area contributed by atoms with E-state index in [0.717, 1.165) is 12.5 Å². The van der Waals surface area contributed by atoms with Crippen LogP contribution in [0, 0.1) is 11.3 Å². The van der Waals surface area contributed by atoms with Crippen LogP contribution in [0.15, 0.2) is 16.8 Å². The predicted molar refractivity (Wildman–Crippen MR) is 76.6 cm³/mol. The molecular formula is C15H25NS. The van der Waals surface area contributed by atoms with Gasteiger partial charge in [0.05, 0.1) is 0 Å². The Balaban J connectivity index is 1.90. The van der Waals surface area contributed by atoms with Gasteiger partial charge in [-0.1, -0.05) is 26.7 Å². The molecule has 1 heterocycles. The molecule has 0 atom stereocenters. The molecule has 17 heavy (non-hydrogen) atoms. The number of hydrogen-bond donors (Lipinski definition) is 1. The molecule has 0 aliphatic heterocycles. The van der Waals surface area contributed by atoms with Crippen LogP contribution in [0.2, 0.25) is 0 Å². The van der Waals surface area contributed by atoms with Gasteiger partial charge in [-0.2, -0.15) is 11.3 Å². The first-order valence-corrected chi connectivity index (χ1v) is 7.86. The Morgan fingerprint density at radius 2 is 2.12 bits per heavy atom. The fraction of sp³-hybridized carbons (Fsp3) is 0.733. The standard InChI is InChI=1S/C15H25NS/c1-13(2)10-16-12-15(6-3-4-7-15)9-14-5-8-17-11-14/h5,8,11,13,16H,3-4,6-7,9-10,12H2,1-2H3. The first kappa shape index (κ1) is 13.1. The Labute approximate surface area is 110 Å². The van der Waals surface area contributed by atoms with E-state index < -0.39 is 0 Å². The topological polar surface area (TPSA) is 12.0 Å². The lowest BCUT2D eigenvalue weighted by Crippen LogP contribution is -2.35. The van der Waals surface area contributed by atoms with E-state index in [1.807, 2.05) is 11.3 Å². The normalized spacial score (nSPS) is 19.0. The summed E-state index contributed by atoms with van der Waals surface area (Å²) >= 11 is 1.83. The fourth-order valence-corrected chi connectivity index (χ4v) is 3.66. The van der Waals surface area contributed by atoms with Crippen LogP contribution in [-0.2, 0) is 6.42 Å². The van der Waals surface area contributed by atoms with Crippen LogP contribution in [0.4, 0.5) is 0 Å². The third-order valence-electron chi connectivity index (χ3n) is 3.88. The summed E-state index contributed by atoms with van der Waals surface area (Å²) in [7, 11) is 0. The Kier molecular flexibility index (Phi) is 4.63. The minimum absolute atomic E-state index is 0.552. The molecule has 1 saturated carbocycles. The summed E-state index contributed by atoms with van der Waals surface area (Å²) < 4.78 is 0. The zero-order valence-corrected chi connectivity index (χ0v) is 12.0. The van der Waals surface area contributed by atoms with E-state index in [9.17, 15) is 0 Å². The van der Waals surface area contributed by atoms with E-state index in [1.54, 1.807) is 5.56 Å². The molecule has 1 nitrogen and oxygen atoms in total. The lowest BCUT2D eigenvalue weighted by molar-refractivity contribution is 0.273. The van der Waals surface area contributed by atoms with Crippen molar-refractivity contribution in [1.82, 2.24) is 5.32 Å². The van der Waals surface area contributed by atoms with Gasteiger partial charge in [-0.3, -0.25) is 0 Å². The quantitative estimate of drug-likeness (QED) is 0.803. The molecule has 1 aromatic heterocycles. The molecule has 0 bridgehead atoms. The predicted octanol–water partition coefficient (Wildman–Crippen LogP) is 4.10. The lowest BCUT2D eigenvalue weighted by Gasteiger charge is -2.29. The SMILES string of the molecule is CC(C)CNCC1(Cc2ccsc2)CCCC1. The van der Waals surface area contributed by atoms with E-state index in [0.29, 0.717) is 5.41 Å². The van der Waals surface area contributed by atoms with E-state index in [4.69, 9.17) is 0 Å². The molecule has 1 aliphatic carbocycles. The van der Waals surface area contributed by atoms with Crippen LogP contribution in [0.1, 0.15) is 45.1 Å². The summed E-state index contributed by atoms with van der Waals surface area (Å²) in [6.45, 7) is 6.94. The average Bonchev–Trinajstić information content (AvgIpc) is 2.90. The van der Waals surface area contributed by atoms with Crippen molar-refractivity contribution in [3.63, 3.8) is 0 Å². The molecule has 0 saturated heterocycles. The molecule has 1 aliphatic rings. The minimum atomic E-state index is 0.552. The Morgan fingerprint density at radius 1 is 1.35 bits per heavy atom. The number of rotatable bonds is 6. The van der Waals surface area contributed by atoms with Gasteiger partial charge >= 0.3 is 0 Å². The van der Waals surface area contributed by atoms with Gasteiger partial charge in [0.15, 0.2) is 0 Å². The van der Waals surface area contributed by atoms with E-state index in [1.165, 1.54) is 38.6 Å². The Bertz CT molecular complexity index is 310. The van der Waals surface area contributed by atoms with Crippen LogP contribution >= 0.6 is 11.3 Å². The molecule has 1 N–H and O–H groups in total. The van der Waals surface area contributed by atoms with Crippen LogP contribution < -0.4 is 5.32 Å². The van der Waals surface area contributed by atoms with Gasteiger partial charge < -0.3 is 5.32 Å². The smallest absolute Gasteiger partial charge is 0.00111 e. The highest BCUT2D eigenvalue weighted by molar-refractivity contribution is 7.07. The van der Waals surface area contributed by atoms with Gasteiger partial charge in [-0.25, -0.2) is 0 Å². The van der Waals surface area contributed by atoms with Crippen LogP contribution in [-0.4, -0.2) is 13.1 Å². The molecule has 2 heteroatoms. The van der Waals surface area contributed by atoms with Crippen LogP contribution in [0.3, 0.4) is 0 Å². The third-order valence-corrected chi connectivity index (χ3v) is 4.61. The number of nitrogens with one attached hydrogen (secondary N) is 1. The second-order valence-electron chi connectivity index (χ2n) is 6.04. The van der Waals surface area contributed by atoms with E-state index >= 15 is 0 Å². The van der Waals surface area contributed by atoms with Crippen LogP contribution in [0.5, 0.6) is 0 Å². The largest absolute Gasteiger partial charge is 0.316 e. The van der Waals surface area contributed by atoms with Gasteiger partial charge in [-0.05, 0) is 59.5 Å². The summed E-state index contributed by atoms with van der Waals surface area (Å²) in [4.78, 5) is 0. The summed E-state index contributed by atoms with van der Waals surface area (Å²) in [6.07, 6.45) is 6.95. The molecule has 0 unspecified atom stereocenters. The molecule has 2 rings (SSSR count). The van der Waals surface area contributed by atoms with Gasteiger partial charge in [0.25, 0.3) is 0 Å². The number of hydrogen-bond acceptors (Lipinski definition) is 2. The zero-order valence-electron chi connectivity index (χ0n) is 11.2. The maximum Gasteiger partial charge on any atom is 0.00111 e. The van der Waals surface area contributed by atoms with Crippen molar-refractivity contribution in [3.8, 4) is 0 Å². The monoisotopic (exact) mass is 251 g/mol. The molecular weight excluding hydrogens is 226 g/mol. The summed E-state index contributed by atoms with van der Waals surface area (Å²) in [5.41, 5.74) is 2.10. The zero-order chi connectivity index (χ0) is 12.1. The van der Waals surface area contributed by atoms with E-state index in [-0.39, 0.29) is 0 Å². The average molecular weight is 251 g/mol. The van der Waals surface area contributed by atoms with Gasteiger partial charge in [0, 0.05) is 6.54 Å². The molecule has 96 valence electrons. The molecule has 1 aromatic rings.